The van der Waals surface area contributed by atoms with Gasteiger partial charge in [-0.1, -0.05) is 249 Å². The van der Waals surface area contributed by atoms with Crippen LogP contribution in [0, 0.1) is 0 Å². The molecular formula is C86H82N4O. The first-order chi connectivity index (χ1) is 43.4. The first-order valence-electron chi connectivity index (χ1n) is 32.6. The van der Waals surface area contributed by atoms with Crippen LogP contribution in [-0.2, 0) is 32.5 Å². The Labute approximate surface area is 538 Å². The van der Waals surface area contributed by atoms with Gasteiger partial charge in [0, 0.05) is 51.3 Å². The number of aromatic nitrogens is 2. The van der Waals surface area contributed by atoms with Crippen molar-refractivity contribution in [3.63, 3.8) is 0 Å². The number of pyridine rings is 1. The molecule has 5 nitrogen and oxygen atoms in total. The fourth-order valence-electron chi connectivity index (χ4n) is 15.2. The molecule has 0 bridgehead atoms. The lowest BCUT2D eigenvalue weighted by atomic mass is 9.55. The molecule has 5 heteroatoms. The number of anilines is 4. The largest absolute Gasteiger partial charge is 0.457 e. The Morgan fingerprint density at radius 1 is 0.374 bits per heavy atom. The van der Waals surface area contributed by atoms with Gasteiger partial charge in [-0.2, -0.15) is 0 Å². The molecule has 91 heavy (non-hydrogen) atoms. The van der Waals surface area contributed by atoms with Gasteiger partial charge in [-0.05, 0) is 160 Å². The highest BCUT2D eigenvalue weighted by Crippen LogP contribution is 2.63. The molecule has 12 aromatic rings. The molecule has 1 aliphatic heterocycles. The van der Waals surface area contributed by atoms with Gasteiger partial charge in [-0.25, -0.2) is 4.98 Å². The third-order valence-electron chi connectivity index (χ3n) is 20.2. The monoisotopic (exact) mass is 1190 g/mol. The summed E-state index contributed by atoms with van der Waals surface area (Å²) < 4.78 is 9.86. The second kappa shape index (κ2) is 20.5. The number of rotatable bonds is 8. The lowest BCUT2D eigenvalue weighted by molar-refractivity contribution is 0.481. The molecule has 15 rings (SSSR count). The number of hydrogen-bond acceptors (Lipinski definition) is 4. The third kappa shape index (κ3) is 9.27. The molecule has 1 spiro atoms. The summed E-state index contributed by atoms with van der Waals surface area (Å²) in [5, 5.41) is 2.51. The minimum atomic E-state index is -0.607. The maximum Gasteiger partial charge on any atom is 0.137 e. The Morgan fingerprint density at radius 2 is 0.890 bits per heavy atom. The van der Waals surface area contributed by atoms with Crippen molar-refractivity contribution in [1.82, 2.24) is 9.55 Å². The van der Waals surface area contributed by atoms with Crippen molar-refractivity contribution in [3.05, 3.63) is 286 Å². The second-order valence-corrected chi connectivity index (χ2v) is 30.5. The summed E-state index contributed by atoms with van der Waals surface area (Å²) in [5.41, 5.74) is 25.8. The van der Waals surface area contributed by atoms with Crippen LogP contribution in [-0.4, -0.2) is 16.2 Å². The van der Waals surface area contributed by atoms with E-state index in [0.717, 1.165) is 45.4 Å². The Morgan fingerprint density at radius 3 is 1.52 bits per heavy atom. The molecule has 3 heterocycles. The van der Waals surface area contributed by atoms with Gasteiger partial charge in [0.05, 0.1) is 33.5 Å². The first kappa shape index (κ1) is 58.0. The first-order valence-corrected chi connectivity index (χ1v) is 32.6. The molecule has 0 fully saturated rings. The number of nitrogens with zero attached hydrogens (tertiary/aromatic N) is 4. The topological polar surface area (TPSA) is 33.5 Å². The lowest BCUT2D eigenvalue weighted by Crippen LogP contribution is -2.40. The van der Waals surface area contributed by atoms with Gasteiger partial charge in [-0.3, -0.25) is 4.57 Å². The molecule has 3 aliphatic rings. The fourth-order valence-corrected chi connectivity index (χ4v) is 15.2. The predicted octanol–water partition coefficient (Wildman–Crippen LogP) is 22.7. The number of ether oxygens (including phenoxy) is 1. The van der Waals surface area contributed by atoms with Crippen LogP contribution in [0.1, 0.15) is 153 Å². The van der Waals surface area contributed by atoms with Crippen molar-refractivity contribution < 1.29 is 4.74 Å². The fraction of sp³-hybridized carbons (Fsp3) is 0.244. The summed E-state index contributed by atoms with van der Waals surface area (Å²) in [5.74, 6) is 2.43. The second-order valence-electron chi connectivity index (χ2n) is 30.5. The smallest absolute Gasteiger partial charge is 0.137 e. The number of benzene rings is 10. The van der Waals surface area contributed by atoms with Gasteiger partial charge in [0.15, 0.2) is 0 Å². The highest BCUT2D eigenvalue weighted by atomic mass is 16.5. The normalized spacial score (nSPS) is 14.8. The molecule has 0 unspecified atom stereocenters. The lowest BCUT2D eigenvalue weighted by Gasteiger charge is -2.47. The number of fused-ring (bicyclic) bond motifs is 7. The molecule has 0 saturated carbocycles. The average Bonchev–Trinajstić information content (AvgIpc) is 1.52. The minimum absolute atomic E-state index is 0.0762. The van der Waals surface area contributed by atoms with Crippen LogP contribution < -0.4 is 14.5 Å². The molecule has 0 amide bonds. The van der Waals surface area contributed by atoms with Crippen molar-refractivity contribution in [3.8, 4) is 50.7 Å². The van der Waals surface area contributed by atoms with Crippen molar-refractivity contribution in [2.24, 2.45) is 0 Å². The zero-order valence-corrected chi connectivity index (χ0v) is 55.3. The summed E-state index contributed by atoms with van der Waals surface area (Å²) in [7, 11) is 0. The van der Waals surface area contributed by atoms with E-state index in [4.69, 9.17) is 9.72 Å². The summed E-state index contributed by atoms with van der Waals surface area (Å²) in [6.07, 6.45) is 1.98. The summed E-state index contributed by atoms with van der Waals surface area (Å²) in [6.45, 7) is 33.3. The quantitative estimate of drug-likeness (QED) is 0.152. The van der Waals surface area contributed by atoms with Gasteiger partial charge < -0.3 is 14.5 Å². The predicted molar refractivity (Wildman–Crippen MR) is 382 cm³/mol. The number of hydrogen-bond donors (Lipinski definition) is 0. The maximum atomic E-state index is 7.47. The molecule has 452 valence electrons. The van der Waals surface area contributed by atoms with E-state index >= 15 is 0 Å². The van der Waals surface area contributed by atoms with Crippen LogP contribution in [0.15, 0.2) is 231 Å². The Bertz CT molecular complexity index is 4810. The molecule has 2 aromatic heterocycles. The molecule has 0 N–H and O–H groups in total. The Balaban J connectivity index is 0.904. The van der Waals surface area contributed by atoms with Crippen molar-refractivity contribution in [2.45, 2.75) is 129 Å². The molecule has 0 radical (unpaired) electrons. The van der Waals surface area contributed by atoms with E-state index in [0.29, 0.717) is 6.67 Å². The van der Waals surface area contributed by atoms with E-state index in [1.165, 1.54) is 105 Å². The summed E-state index contributed by atoms with van der Waals surface area (Å²) >= 11 is 0. The average molecular weight is 1190 g/mol. The van der Waals surface area contributed by atoms with Crippen LogP contribution in [0.2, 0.25) is 0 Å². The van der Waals surface area contributed by atoms with Crippen molar-refractivity contribution in [2.75, 3.05) is 16.5 Å². The molecule has 10 aromatic carbocycles. The van der Waals surface area contributed by atoms with Gasteiger partial charge >= 0.3 is 0 Å². The van der Waals surface area contributed by atoms with E-state index in [2.05, 4.69) is 336 Å². The van der Waals surface area contributed by atoms with E-state index in [1.807, 2.05) is 6.20 Å². The highest BCUT2D eigenvalue weighted by molar-refractivity contribution is 6.18. The van der Waals surface area contributed by atoms with Crippen LogP contribution in [0.5, 0.6) is 11.5 Å². The molecule has 0 saturated heterocycles. The van der Waals surface area contributed by atoms with E-state index in [9.17, 15) is 0 Å². The van der Waals surface area contributed by atoms with Crippen molar-refractivity contribution in [1.29, 1.82) is 0 Å². The van der Waals surface area contributed by atoms with Crippen LogP contribution in [0.25, 0.3) is 61.0 Å². The van der Waals surface area contributed by atoms with E-state index in [1.54, 1.807) is 0 Å². The minimum Gasteiger partial charge on any atom is -0.457 e. The zero-order valence-electron chi connectivity index (χ0n) is 55.3. The van der Waals surface area contributed by atoms with Gasteiger partial charge in [0.2, 0.25) is 0 Å². The van der Waals surface area contributed by atoms with Crippen LogP contribution in [0.3, 0.4) is 0 Å². The molecule has 2 aliphatic carbocycles. The van der Waals surface area contributed by atoms with Crippen LogP contribution in [0.4, 0.5) is 22.7 Å². The van der Waals surface area contributed by atoms with Gasteiger partial charge in [0.1, 0.15) is 24.0 Å². The zero-order chi connectivity index (χ0) is 63.3. The Hall–Kier alpha value is -9.45. The molecular weight excluding hydrogens is 1100 g/mol. The van der Waals surface area contributed by atoms with Crippen LogP contribution >= 0.6 is 0 Å². The maximum absolute atomic E-state index is 7.47. The van der Waals surface area contributed by atoms with Crippen molar-refractivity contribution >= 4 is 44.6 Å². The SMILES string of the molecule is CC(C)(C)c1cc(-c2cc(C(C)(C)C)cc(-c3ccc(-c4ccccc4)cc3)c2N2CN(c3cccc(Oc4cc5c6c7c(cccc7n(-c7cc(C(C)(C)C)ccn7)c6c4)C54c5ccccc5C(C)(C)c5ccccc54)c3)c3ccccc32)cc(C(C)(C)C)c1. The molecule has 0 atom stereocenters. The van der Waals surface area contributed by atoms with Gasteiger partial charge in [0.25, 0.3) is 0 Å². The standard InChI is InChI=1S/C86H82N4O/c1-81(2,3)58-42-43-87-77(49-58)90-75-37-25-34-71-78(75)79-72(86(71)69-32-20-18-30-67(69)85(13,14)68-31-19-21-33-70(68)86)51-64(52-76(79)90)91-63-29-24-28-62(50-63)88-53-89(74-36-23-22-35-73(74)88)80-65(56-40-38-55(39-41-56)54-26-16-15-17-27-54)47-61(84(10,11)12)48-66(80)57-44-59(82(4,5)6)46-60(45-57)83(7,8)9/h15-52H,53H2,1-14H3. The highest BCUT2D eigenvalue weighted by Gasteiger charge is 2.53. The Kier molecular flexibility index (Phi) is 13.1. The number of para-hydroxylation sites is 2. The summed E-state index contributed by atoms with van der Waals surface area (Å²) in [4.78, 5) is 10.2. The third-order valence-corrected chi connectivity index (χ3v) is 20.2. The van der Waals surface area contributed by atoms with Gasteiger partial charge in [-0.15, -0.1) is 0 Å². The summed E-state index contributed by atoms with van der Waals surface area (Å²) in [6, 6.07) is 84.5. The van der Waals surface area contributed by atoms with E-state index in [-0.39, 0.29) is 27.1 Å². The van der Waals surface area contributed by atoms with E-state index < -0.39 is 5.41 Å².